The maximum Gasteiger partial charge on any atom is 0.271 e. The predicted octanol–water partition coefficient (Wildman–Crippen LogP) is 3.08. The highest BCUT2D eigenvalue weighted by Gasteiger charge is 2.18. The Kier molecular flexibility index (Phi) is 4.18. The number of halogens is 1. The van der Waals surface area contributed by atoms with Gasteiger partial charge in [-0.25, -0.2) is 8.42 Å². The molecule has 0 aliphatic rings. The van der Waals surface area contributed by atoms with Crippen molar-refractivity contribution < 1.29 is 13.2 Å². The van der Waals surface area contributed by atoms with Crippen LogP contribution in [0.5, 0.6) is 5.75 Å². The van der Waals surface area contributed by atoms with E-state index in [2.05, 4.69) is 4.72 Å². The largest absolute Gasteiger partial charge is 0.497 e. The summed E-state index contributed by atoms with van der Waals surface area (Å²) >= 11 is 6.84. The lowest BCUT2D eigenvalue weighted by atomic mass is 10.3. The molecule has 8 heteroatoms. The van der Waals surface area contributed by atoms with E-state index in [0.29, 0.717) is 10.6 Å². The van der Waals surface area contributed by atoms with Crippen LogP contribution in [0.25, 0.3) is 0 Å². The van der Waals surface area contributed by atoms with Crippen LogP contribution in [0.2, 0.25) is 5.02 Å². The monoisotopic (exact) mass is 328 g/mol. The Morgan fingerprint density at radius 3 is 2.70 bits per heavy atom. The van der Waals surface area contributed by atoms with E-state index < -0.39 is 10.0 Å². The first-order valence-corrected chi connectivity index (χ1v) is 8.00. The third-order valence-corrected chi connectivity index (χ3v) is 5.55. The second-order valence-corrected chi connectivity index (χ2v) is 7.08. The number of ether oxygens (including phenoxy) is 1. The average Bonchev–Trinajstić information content (AvgIpc) is 2.91. The summed E-state index contributed by atoms with van der Waals surface area (Å²) in [5.74, 6) is 0.482. The maximum atomic E-state index is 12.2. The molecule has 0 unspecified atom stereocenters. The standard InChI is InChI=1S/C12H9ClN2O3S2/c1-18-8-2-4-10(13)11(6-8)15-20(16,17)12-5-3-9(7-14)19-12/h2-6,15H,1H3. The van der Waals surface area contributed by atoms with Gasteiger partial charge in [0.25, 0.3) is 10.0 Å². The number of methoxy groups -OCH3 is 1. The van der Waals surface area contributed by atoms with Gasteiger partial charge in [0, 0.05) is 6.07 Å². The normalized spacial score (nSPS) is 10.8. The molecular weight excluding hydrogens is 320 g/mol. The summed E-state index contributed by atoms with van der Waals surface area (Å²) < 4.78 is 31.8. The van der Waals surface area contributed by atoms with Crippen LogP contribution in [0.3, 0.4) is 0 Å². The Hall–Kier alpha value is -1.75. The molecule has 2 aromatic rings. The molecule has 20 heavy (non-hydrogen) atoms. The molecule has 0 atom stereocenters. The lowest BCUT2D eigenvalue weighted by Crippen LogP contribution is -2.11. The van der Waals surface area contributed by atoms with E-state index in [0.717, 1.165) is 11.3 Å². The summed E-state index contributed by atoms with van der Waals surface area (Å²) in [6, 6.07) is 9.36. The number of sulfonamides is 1. The highest BCUT2D eigenvalue weighted by Crippen LogP contribution is 2.30. The van der Waals surface area contributed by atoms with Crippen molar-refractivity contribution in [2.75, 3.05) is 11.8 Å². The fourth-order valence-electron chi connectivity index (χ4n) is 1.43. The third kappa shape index (κ3) is 3.04. The molecule has 5 nitrogen and oxygen atoms in total. The summed E-state index contributed by atoms with van der Waals surface area (Å²) in [5, 5.41) is 8.98. The van der Waals surface area contributed by atoms with Crippen LogP contribution in [0.4, 0.5) is 5.69 Å². The number of benzene rings is 1. The van der Waals surface area contributed by atoms with E-state index in [1.807, 2.05) is 6.07 Å². The van der Waals surface area contributed by atoms with Gasteiger partial charge in [-0.05, 0) is 24.3 Å². The van der Waals surface area contributed by atoms with Gasteiger partial charge in [0.05, 0.1) is 17.8 Å². The van der Waals surface area contributed by atoms with E-state index in [-0.39, 0.29) is 14.9 Å². The summed E-state index contributed by atoms with van der Waals surface area (Å²) in [6.07, 6.45) is 0. The minimum atomic E-state index is -3.77. The zero-order valence-electron chi connectivity index (χ0n) is 10.3. The molecule has 2 rings (SSSR count). The van der Waals surface area contributed by atoms with Gasteiger partial charge in [-0.1, -0.05) is 11.6 Å². The number of hydrogen-bond donors (Lipinski definition) is 1. The molecule has 0 aliphatic heterocycles. The molecule has 0 fully saturated rings. The van der Waals surface area contributed by atoms with Gasteiger partial charge >= 0.3 is 0 Å². The first kappa shape index (κ1) is 14.7. The Morgan fingerprint density at radius 2 is 2.10 bits per heavy atom. The molecule has 1 aromatic heterocycles. The van der Waals surface area contributed by atoms with Crippen molar-refractivity contribution in [3.05, 3.63) is 40.2 Å². The summed E-state index contributed by atoms with van der Waals surface area (Å²) in [4.78, 5) is 0.321. The second-order valence-electron chi connectivity index (χ2n) is 3.68. The quantitative estimate of drug-likeness (QED) is 0.935. The molecule has 104 valence electrons. The van der Waals surface area contributed by atoms with E-state index in [9.17, 15) is 8.42 Å². The number of nitrogens with zero attached hydrogens (tertiary/aromatic N) is 1. The van der Waals surface area contributed by atoms with Crippen molar-refractivity contribution in [3.8, 4) is 11.8 Å². The summed E-state index contributed by atoms with van der Waals surface area (Å²) in [7, 11) is -2.30. The first-order chi connectivity index (χ1) is 9.46. The van der Waals surface area contributed by atoms with Gasteiger partial charge in [-0.3, -0.25) is 4.72 Å². The van der Waals surface area contributed by atoms with Gasteiger partial charge < -0.3 is 4.74 Å². The van der Waals surface area contributed by atoms with Crippen LogP contribution in [0, 0.1) is 11.3 Å². The van der Waals surface area contributed by atoms with Crippen LogP contribution < -0.4 is 9.46 Å². The van der Waals surface area contributed by atoms with Crippen molar-refractivity contribution >= 4 is 38.6 Å². The highest BCUT2D eigenvalue weighted by atomic mass is 35.5. The first-order valence-electron chi connectivity index (χ1n) is 5.32. The Balaban J connectivity index is 2.35. The lowest BCUT2D eigenvalue weighted by molar-refractivity contribution is 0.415. The zero-order chi connectivity index (χ0) is 14.8. The maximum absolute atomic E-state index is 12.2. The van der Waals surface area contributed by atoms with Crippen molar-refractivity contribution in [1.82, 2.24) is 0 Å². The Labute approximate surface area is 125 Å². The predicted molar refractivity (Wildman–Crippen MR) is 77.8 cm³/mol. The topological polar surface area (TPSA) is 79.2 Å². The van der Waals surface area contributed by atoms with E-state index in [4.69, 9.17) is 21.6 Å². The fraction of sp³-hybridized carbons (Fsp3) is 0.0833. The van der Waals surface area contributed by atoms with Crippen molar-refractivity contribution in [3.63, 3.8) is 0 Å². The zero-order valence-corrected chi connectivity index (χ0v) is 12.6. The molecule has 0 spiro atoms. The van der Waals surface area contributed by atoms with Gasteiger partial charge in [-0.2, -0.15) is 5.26 Å². The van der Waals surface area contributed by atoms with E-state index in [1.54, 1.807) is 6.07 Å². The highest BCUT2D eigenvalue weighted by molar-refractivity contribution is 7.94. The van der Waals surface area contributed by atoms with E-state index in [1.165, 1.54) is 31.4 Å². The van der Waals surface area contributed by atoms with Crippen molar-refractivity contribution in [1.29, 1.82) is 5.26 Å². The molecule has 0 aliphatic carbocycles. The minimum absolute atomic E-state index is 0.0490. The average molecular weight is 329 g/mol. The summed E-state index contributed by atoms with van der Waals surface area (Å²) in [5.41, 5.74) is 0.220. The van der Waals surface area contributed by atoms with Crippen molar-refractivity contribution in [2.45, 2.75) is 4.21 Å². The minimum Gasteiger partial charge on any atom is -0.497 e. The SMILES string of the molecule is COc1ccc(Cl)c(NS(=O)(=O)c2ccc(C#N)s2)c1. The van der Waals surface area contributed by atoms with Crippen LogP contribution in [0.1, 0.15) is 4.88 Å². The van der Waals surface area contributed by atoms with Crippen LogP contribution in [-0.4, -0.2) is 15.5 Å². The molecular formula is C12H9ClN2O3S2. The molecule has 0 saturated carbocycles. The van der Waals surface area contributed by atoms with Gasteiger partial charge in [0.1, 0.15) is 20.9 Å². The van der Waals surface area contributed by atoms with Crippen molar-refractivity contribution in [2.24, 2.45) is 0 Å². The molecule has 1 N–H and O–H groups in total. The van der Waals surface area contributed by atoms with Crippen LogP contribution >= 0.6 is 22.9 Å². The number of nitrogens with one attached hydrogen (secondary N) is 1. The van der Waals surface area contributed by atoms with Crippen LogP contribution in [0.15, 0.2) is 34.5 Å². The molecule has 1 aromatic carbocycles. The van der Waals surface area contributed by atoms with Gasteiger partial charge in [0.15, 0.2) is 0 Å². The van der Waals surface area contributed by atoms with Gasteiger partial charge in [0.2, 0.25) is 0 Å². The molecule has 0 amide bonds. The number of nitriles is 1. The van der Waals surface area contributed by atoms with E-state index >= 15 is 0 Å². The van der Waals surface area contributed by atoms with Crippen LogP contribution in [-0.2, 0) is 10.0 Å². The second kappa shape index (κ2) is 5.71. The number of thiophene rings is 1. The number of anilines is 1. The third-order valence-electron chi connectivity index (χ3n) is 2.37. The lowest BCUT2D eigenvalue weighted by Gasteiger charge is -2.09. The smallest absolute Gasteiger partial charge is 0.271 e. The molecule has 0 saturated heterocycles. The molecule has 1 heterocycles. The number of rotatable bonds is 4. The molecule has 0 radical (unpaired) electrons. The summed E-state index contributed by atoms with van der Waals surface area (Å²) in [6.45, 7) is 0. The number of hydrogen-bond acceptors (Lipinski definition) is 5. The Bertz CT molecular complexity index is 778. The Morgan fingerprint density at radius 1 is 1.35 bits per heavy atom. The fourth-order valence-corrected chi connectivity index (χ4v) is 3.82. The van der Waals surface area contributed by atoms with Gasteiger partial charge in [-0.15, -0.1) is 11.3 Å². The molecule has 0 bridgehead atoms.